The van der Waals surface area contributed by atoms with E-state index in [1.165, 1.54) is 12.8 Å². The lowest BCUT2D eigenvalue weighted by atomic mass is 9.89. The molecular formula is C14H23ClN4O. The van der Waals surface area contributed by atoms with Crippen LogP contribution in [0.4, 0.5) is 0 Å². The van der Waals surface area contributed by atoms with Crippen molar-refractivity contribution in [2.45, 2.75) is 50.7 Å². The molecule has 1 aromatic heterocycles. The van der Waals surface area contributed by atoms with Crippen molar-refractivity contribution in [1.29, 1.82) is 0 Å². The quantitative estimate of drug-likeness (QED) is 0.883. The number of aryl methyl sites for hydroxylation is 1. The SMILES string of the molecule is Cl.Cn1nccc1CNC(=O)CC1CC2CCC(C1)N2. The zero-order valence-corrected chi connectivity index (χ0v) is 12.7. The number of aromatic nitrogens is 2. The Labute approximate surface area is 125 Å². The van der Waals surface area contributed by atoms with E-state index in [1.54, 1.807) is 10.9 Å². The number of fused-ring (bicyclic) bond motifs is 2. The number of carbonyl (C=O) groups is 1. The van der Waals surface area contributed by atoms with Crippen molar-refractivity contribution >= 4 is 18.3 Å². The Morgan fingerprint density at radius 3 is 2.75 bits per heavy atom. The van der Waals surface area contributed by atoms with Gasteiger partial charge in [-0.3, -0.25) is 9.48 Å². The van der Waals surface area contributed by atoms with E-state index in [-0.39, 0.29) is 18.3 Å². The standard InChI is InChI=1S/C14H22N4O.ClH/c1-18-13(4-5-16-18)9-15-14(19)8-10-6-11-2-3-12(7-10)17-11;/h4-5,10-12,17H,2-3,6-9H2,1H3,(H,15,19);1H. The number of nitrogens with zero attached hydrogens (tertiary/aromatic N) is 2. The zero-order chi connectivity index (χ0) is 13.2. The number of rotatable bonds is 4. The topological polar surface area (TPSA) is 59.0 Å². The van der Waals surface area contributed by atoms with E-state index in [4.69, 9.17) is 0 Å². The molecule has 2 fully saturated rings. The number of carbonyl (C=O) groups excluding carboxylic acids is 1. The molecule has 2 unspecified atom stereocenters. The van der Waals surface area contributed by atoms with Gasteiger partial charge in [0.15, 0.2) is 0 Å². The van der Waals surface area contributed by atoms with Gasteiger partial charge in [0.05, 0.1) is 12.2 Å². The Morgan fingerprint density at radius 1 is 1.45 bits per heavy atom. The third kappa shape index (κ3) is 3.52. The van der Waals surface area contributed by atoms with Gasteiger partial charge in [-0.05, 0) is 37.7 Å². The molecule has 0 aromatic carbocycles. The van der Waals surface area contributed by atoms with Crippen molar-refractivity contribution in [3.05, 3.63) is 18.0 Å². The first-order valence-corrected chi connectivity index (χ1v) is 7.20. The van der Waals surface area contributed by atoms with Crippen LogP contribution in [0.1, 0.15) is 37.8 Å². The lowest BCUT2D eigenvalue weighted by molar-refractivity contribution is -0.122. The first-order chi connectivity index (χ1) is 9.20. The summed E-state index contributed by atoms with van der Waals surface area (Å²) in [5.74, 6) is 0.734. The van der Waals surface area contributed by atoms with Gasteiger partial charge in [0, 0.05) is 31.7 Å². The zero-order valence-electron chi connectivity index (χ0n) is 11.8. The summed E-state index contributed by atoms with van der Waals surface area (Å²) in [7, 11) is 1.89. The molecule has 3 rings (SSSR count). The summed E-state index contributed by atoms with van der Waals surface area (Å²) in [5, 5.41) is 10.7. The first-order valence-electron chi connectivity index (χ1n) is 7.20. The summed E-state index contributed by atoms with van der Waals surface area (Å²) >= 11 is 0. The predicted octanol–water partition coefficient (Wildman–Crippen LogP) is 1.38. The van der Waals surface area contributed by atoms with Crippen LogP contribution in [-0.2, 0) is 18.4 Å². The molecule has 2 aliphatic heterocycles. The van der Waals surface area contributed by atoms with E-state index in [0.29, 0.717) is 31.0 Å². The second kappa shape index (κ2) is 6.59. The van der Waals surface area contributed by atoms with Gasteiger partial charge in [-0.25, -0.2) is 0 Å². The van der Waals surface area contributed by atoms with Gasteiger partial charge >= 0.3 is 0 Å². The molecule has 2 bridgehead atoms. The summed E-state index contributed by atoms with van der Waals surface area (Å²) in [6.07, 6.45) is 7.33. The minimum absolute atomic E-state index is 0. The average Bonchev–Trinajstić information content (AvgIpc) is 2.93. The molecule has 2 saturated heterocycles. The number of hydrogen-bond donors (Lipinski definition) is 2. The maximum atomic E-state index is 12.0. The van der Waals surface area contributed by atoms with Gasteiger partial charge in [-0.2, -0.15) is 5.10 Å². The van der Waals surface area contributed by atoms with Crippen molar-refractivity contribution in [2.75, 3.05) is 0 Å². The van der Waals surface area contributed by atoms with Gasteiger partial charge in [-0.15, -0.1) is 12.4 Å². The Balaban J connectivity index is 0.00000147. The second-order valence-corrected chi connectivity index (χ2v) is 5.90. The van der Waals surface area contributed by atoms with Gasteiger partial charge in [0.25, 0.3) is 0 Å². The van der Waals surface area contributed by atoms with Crippen LogP contribution in [0, 0.1) is 5.92 Å². The summed E-state index contributed by atoms with van der Waals surface area (Å²) < 4.78 is 1.80. The van der Waals surface area contributed by atoms with Crippen LogP contribution in [-0.4, -0.2) is 27.8 Å². The molecule has 0 saturated carbocycles. The second-order valence-electron chi connectivity index (χ2n) is 5.90. The Bertz CT molecular complexity index is 450. The smallest absolute Gasteiger partial charge is 0.220 e. The fourth-order valence-electron chi connectivity index (χ4n) is 3.44. The van der Waals surface area contributed by atoms with Crippen molar-refractivity contribution in [3.63, 3.8) is 0 Å². The fourth-order valence-corrected chi connectivity index (χ4v) is 3.44. The van der Waals surface area contributed by atoms with Crippen molar-refractivity contribution in [1.82, 2.24) is 20.4 Å². The fraction of sp³-hybridized carbons (Fsp3) is 0.714. The molecule has 0 radical (unpaired) electrons. The highest BCUT2D eigenvalue weighted by atomic mass is 35.5. The van der Waals surface area contributed by atoms with Crippen LogP contribution in [0.25, 0.3) is 0 Å². The summed E-state index contributed by atoms with van der Waals surface area (Å²) in [4.78, 5) is 12.0. The molecule has 112 valence electrons. The number of amides is 1. The van der Waals surface area contributed by atoms with Crippen LogP contribution >= 0.6 is 12.4 Å². The molecule has 0 spiro atoms. The lowest BCUT2D eigenvalue weighted by Crippen LogP contribution is -2.39. The van der Waals surface area contributed by atoms with Crippen LogP contribution in [0.3, 0.4) is 0 Å². The third-order valence-electron chi connectivity index (χ3n) is 4.43. The van der Waals surface area contributed by atoms with E-state index in [0.717, 1.165) is 18.5 Å². The average molecular weight is 299 g/mol. The minimum atomic E-state index is 0. The van der Waals surface area contributed by atoms with Crippen LogP contribution in [0.2, 0.25) is 0 Å². The van der Waals surface area contributed by atoms with E-state index in [9.17, 15) is 4.79 Å². The van der Waals surface area contributed by atoms with Crippen molar-refractivity contribution in [2.24, 2.45) is 13.0 Å². The van der Waals surface area contributed by atoms with Crippen LogP contribution in [0.5, 0.6) is 0 Å². The molecule has 1 aromatic rings. The minimum Gasteiger partial charge on any atom is -0.350 e. The van der Waals surface area contributed by atoms with Gasteiger partial charge in [0.2, 0.25) is 5.91 Å². The summed E-state index contributed by atoms with van der Waals surface area (Å²) in [5.41, 5.74) is 1.04. The highest BCUT2D eigenvalue weighted by Crippen LogP contribution is 2.32. The molecule has 2 atom stereocenters. The molecule has 2 N–H and O–H groups in total. The molecule has 5 nitrogen and oxygen atoms in total. The highest BCUT2D eigenvalue weighted by molar-refractivity contribution is 5.85. The highest BCUT2D eigenvalue weighted by Gasteiger charge is 2.34. The lowest BCUT2D eigenvalue weighted by Gasteiger charge is -2.28. The molecule has 6 heteroatoms. The largest absolute Gasteiger partial charge is 0.350 e. The van der Waals surface area contributed by atoms with E-state index >= 15 is 0 Å². The van der Waals surface area contributed by atoms with Gasteiger partial charge in [0.1, 0.15) is 0 Å². The molecule has 0 aliphatic carbocycles. The number of hydrogen-bond acceptors (Lipinski definition) is 3. The maximum Gasteiger partial charge on any atom is 0.220 e. The Kier molecular flexibility index (Phi) is 5.05. The normalized spacial score (nSPS) is 27.9. The van der Waals surface area contributed by atoms with E-state index in [2.05, 4.69) is 15.7 Å². The first kappa shape index (κ1) is 15.3. The van der Waals surface area contributed by atoms with Crippen LogP contribution < -0.4 is 10.6 Å². The Hall–Kier alpha value is -1.07. The van der Waals surface area contributed by atoms with Crippen molar-refractivity contribution < 1.29 is 4.79 Å². The van der Waals surface area contributed by atoms with Crippen LogP contribution in [0.15, 0.2) is 12.3 Å². The van der Waals surface area contributed by atoms with Gasteiger partial charge < -0.3 is 10.6 Å². The predicted molar refractivity (Wildman–Crippen MR) is 79.6 cm³/mol. The van der Waals surface area contributed by atoms with Gasteiger partial charge in [-0.1, -0.05) is 0 Å². The maximum absolute atomic E-state index is 12.0. The number of halogens is 1. The molecule has 20 heavy (non-hydrogen) atoms. The van der Waals surface area contributed by atoms with E-state index in [1.807, 2.05) is 13.1 Å². The molecule has 1 amide bonds. The molecule has 3 heterocycles. The number of piperidine rings is 1. The van der Waals surface area contributed by atoms with E-state index < -0.39 is 0 Å². The molecule has 2 aliphatic rings. The molecular weight excluding hydrogens is 276 g/mol. The summed E-state index contributed by atoms with van der Waals surface area (Å²) in [6.45, 7) is 0.577. The third-order valence-corrected chi connectivity index (χ3v) is 4.43. The Morgan fingerprint density at radius 2 is 2.15 bits per heavy atom. The van der Waals surface area contributed by atoms with Crippen molar-refractivity contribution in [3.8, 4) is 0 Å². The summed E-state index contributed by atoms with van der Waals surface area (Å²) in [6, 6.07) is 3.26. The monoisotopic (exact) mass is 298 g/mol. The number of nitrogens with one attached hydrogen (secondary N) is 2.